The smallest absolute Gasteiger partial charge is 0.119 e. The average molecular weight is 195 g/mol. The topological polar surface area (TPSA) is 55.5 Å². The molecule has 3 nitrogen and oxygen atoms in total. The Labute approximate surface area is 84.5 Å². The Bertz CT molecular complexity index is 263. The van der Waals surface area contributed by atoms with Gasteiger partial charge in [0.1, 0.15) is 5.75 Å². The number of hydrogen-bond donors (Lipinski definition) is 2. The summed E-state index contributed by atoms with van der Waals surface area (Å²) < 4.78 is 5.48. The molecule has 0 radical (unpaired) electrons. The van der Waals surface area contributed by atoms with Crippen molar-refractivity contribution >= 4 is 0 Å². The zero-order chi connectivity index (χ0) is 10.2. The Morgan fingerprint density at radius 3 is 2.86 bits per heavy atom. The first-order valence-corrected chi connectivity index (χ1v) is 4.89. The summed E-state index contributed by atoms with van der Waals surface area (Å²) in [6, 6.07) is 7.77. The standard InChI is InChI=1S/C11H17NO2/c12-9-10-4-3-5-11(8-10)14-7-2-1-6-13/h3-5,8,13H,1-2,6-7,9,12H2. The highest BCUT2D eigenvalue weighted by molar-refractivity contribution is 5.28. The minimum Gasteiger partial charge on any atom is -0.494 e. The van der Waals surface area contributed by atoms with Crippen molar-refractivity contribution in [2.24, 2.45) is 5.73 Å². The molecular weight excluding hydrogens is 178 g/mol. The van der Waals surface area contributed by atoms with E-state index in [9.17, 15) is 0 Å². The van der Waals surface area contributed by atoms with E-state index in [1.807, 2.05) is 24.3 Å². The molecule has 3 N–H and O–H groups in total. The van der Waals surface area contributed by atoms with Crippen molar-refractivity contribution in [1.29, 1.82) is 0 Å². The van der Waals surface area contributed by atoms with Crippen molar-refractivity contribution in [3.63, 3.8) is 0 Å². The van der Waals surface area contributed by atoms with Gasteiger partial charge in [0, 0.05) is 13.2 Å². The van der Waals surface area contributed by atoms with Crippen molar-refractivity contribution in [3.8, 4) is 5.75 Å². The van der Waals surface area contributed by atoms with Gasteiger partial charge in [-0.15, -0.1) is 0 Å². The highest BCUT2D eigenvalue weighted by atomic mass is 16.5. The number of aliphatic hydroxyl groups is 1. The third-order valence-corrected chi connectivity index (χ3v) is 1.96. The van der Waals surface area contributed by atoms with Gasteiger partial charge in [-0.1, -0.05) is 12.1 Å². The molecule has 0 atom stereocenters. The van der Waals surface area contributed by atoms with E-state index < -0.39 is 0 Å². The maximum absolute atomic E-state index is 8.57. The Morgan fingerprint density at radius 2 is 2.14 bits per heavy atom. The molecule has 0 bridgehead atoms. The number of aliphatic hydroxyl groups excluding tert-OH is 1. The molecule has 0 aliphatic carbocycles. The molecule has 1 rings (SSSR count). The van der Waals surface area contributed by atoms with Crippen LogP contribution in [0.3, 0.4) is 0 Å². The predicted molar refractivity (Wildman–Crippen MR) is 56.1 cm³/mol. The lowest BCUT2D eigenvalue weighted by Gasteiger charge is -2.06. The van der Waals surface area contributed by atoms with Gasteiger partial charge in [-0.05, 0) is 30.5 Å². The summed E-state index contributed by atoms with van der Waals surface area (Å²) in [5, 5.41) is 8.57. The van der Waals surface area contributed by atoms with E-state index in [0.29, 0.717) is 13.2 Å². The van der Waals surface area contributed by atoms with E-state index in [2.05, 4.69) is 0 Å². The van der Waals surface area contributed by atoms with Crippen LogP contribution in [0.2, 0.25) is 0 Å². The molecule has 0 aliphatic heterocycles. The van der Waals surface area contributed by atoms with Gasteiger partial charge in [0.15, 0.2) is 0 Å². The van der Waals surface area contributed by atoms with E-state index >= 15 is 0 Å². The van der Waals surface area contributed by atoms with Gasteiger partial charge in [-0.3, -0.25) is 0 Å². The van der Waals surface area contributed by atoms with E-state index in [1.54, 1.807) is 0 Å². The summed E-state index contributed by atoms with van der Waals surface area (Å²) in [6.45, 7) is 1.41. The maximum atomic E-state index is 8.57. The SMILES string of the molecule is NCc1cccc(OCCCCO)c1. The summed E-state index contributed by atoms with van der Waals surface area (Å²) in [4.78, 5) is 0. The molecule has 0 heterocycles. The third-order valence-electron chi connectivity index (χ3n) is 1.96. The van der Waals surface area contributed by atoms with Crippen LogP contribution < -0.4 is 10.5 Å². The minimum absolute atomic E-state index is 0.228. The first-order chi connectivity index (χ1) is 6.86. The monoisotopic (exact) mass is 195 g/mol. The molecule has 1 aromatic rings. The van der Waals surface area contributed by atoms with Gasteiger partial charge in [-0.2, -0.15) is 0 Å². The van der Waals surface area contributed by atoms with Crippen LogP contribution in [0.4, 0.5) is 0 Å². The average Bonchev–Trinajstić information content (AvgIpc) is 2.25. The zero-order valence-corrected chi connectivity index (χ0v) is 8.28. The zero-order valence-electron chi connectivity index (χ0n) is 8.28. The van der Waals surface area contributed by atoms with E-state index in [0.717, 1.165) is 24.2 Å². The van der Waals surface area contributed by atoms with Crippen LogP contribution in [-0.2, 0) is 6.54 Å². The van der Waals surface area contributed by atoms with Gasteiger partial charge in [0.2, 0.25) is 0 Å². The van der Waals surface area contributed by atoms with Gasteiger partial charge >= 0.3 is 0 Å². The summed E-state index contributed by atoms with van der Waals surface area (Å²) in [5.74, 6) is 0.853. The summed E-state index contributed by atoms with van der Waals surface area (Å²) >= 11 is 0. The predicted octanol–water partition coefficient (Wildman–Crippen LogP) is 1.30. The van der Waals surface area contributed by atoms with Gasteiger partial charge < -0.3 is 15.6 Å². The highest BCUT2D eigenvalue weighted by Crippen LogP contribution is 2.13. The number of unbranched alkanes of at least 4 members (excludes halogenated alkanes) is 1. The Balaban J connectivity index is 2.34. The molecule has 78 valence electrons. The van der Waals surface area contributed by atoms with Crippen LogP contribution in [0.15, 0.2) is 24.3 Å². The maximum Gasteiger partial charge on any atom is 0.119 e. The normalized spacial score (nSPS) is 10.1. The van der Waals surface area contributed by atoms with Crippen molar-refractivity contribution in [2.45, 2.75) is 19.4 Å². The van der Waals surface area contributed by atoms with Crippen LogP contribution in [0.1, 0.15) is 18.4 Å². The largest absolute Gasteiger partial charge is 0.494 e. The molecule has 3 heteroatoms. The fraction of sp³-hybridized carbons (Fsp3) is 0.455. The summed E-state index contributed by atoms with van der Waals surface area (Å²) in [6.07, 6.45) is 1.67. The molecule has 0 fully saturated rings. The fourth-order valence-electron chi connectivity index (χ4n) is 1.17. The van der Waals surface area contributed by atoms with Gasteiger partial charge in [-0.25, -0.2) is 0 Å². The van der Waals surface area contributed by atoms with Crippen LogP contribution in [-0.4, -0.2) is 18.3 Å². The first kappa shape index (κ1) is 11.0. The molecule has 1 aromatic carbocycles. The quantitative estimate of drug-likeness (QED) is 0.673. The third kappa shape index (κ3) is 3.77. The summed E-state index contributed by atoms with van der Waals surface area (Å²) in [7, 11) is 0. The van der Waals surface area contributed by atoms with Crippen molar-refractivity contribution in [2.75, 3.05) is 13.2 Å². The Hall–Kier alpha value is -1.06. The van der Waals surface area contributed by atoms with Gasteiger partial charge in [0.25, 0.3) is 0 Å². The molecule has 0 spiro atoms. The lowest BCUT2D eigenvalue weighted by atomic mass is 10.2. The van der Waals surface area contributed by atoms with E-state index in [1.165, 1.54) is 0 Å². The molecule has 0 saturated heterocycles. The van der Waals surface area contributed by atoms with Crippen LogP contribution >= 0.6 is 0 Å². The molecule has 0 amide bonds. The second-order valence-corrected chi connectivity index (χ2v) is 3.13. The number of rotatable bonds is 6. The molecule has 14 heavy (non-hydrogen) atoms. The van der Waals surface area contributed by atoms with E-state index in [4.69, 9.17) is 15.6 Å². The van der Waals surface area contributed by atoms with Crippen molar-refractivity contribution < 1.29 is 9.84 Å². The number of nitrogens with two attached hydrogens (primary N) is 1. The molecule has 0 aromatic heterocycles. The van der Waals surface area contributed by atoms with E-state index in [-0.39, 0.29) is 6.61 Å². The fourth-order valence-corrected chi connectivity index (χ4v) is 1.17. The highest BCUT2D eigenvalue weighted by Gasteiger charge is 1.95. The number of hydrogen-bond acceptors (Lipinski definition) is 3. The first-order valence-electron chi connectivity index (χ1n) is 4.89. The lowest BCUT2D eigenvalue weighted by Crippen LogP contribution is -2.00. The van der Waals surface area contributed by atoms with Crippen LogP contribution in [0, 0.1) is 0 Å². The second kappa shape index (κ2) is 6.40. The van der Waals surface area contributed by atoms with Crippen LogP contribution in [0.25, 0.3) is 0 Å². The van der Waals surface area contributed by atoms with Crippen LogP contribution in [0.5, 0.6) is 5.75 Å². The minimum atomic E-state index is 0.228. The molecule has 0 unspecified atom stereocenters. The second-order valence-electron chi connectivity index (χ2n) is 3.13. The summed E-state index contributed by atoms with van der Waals surface area (Å²) in [5.41, 5.74) is 6.58. The number of ether oxygens (including phenoxy) is 1. The van der Waals surface area contributed by atoms with Gasteiger partial charge in [0.05, 0.1) is 6.61 Å². The number of benzene rings is 1. The molecule has 0 saturated carbocycles. The molecular formula is C11H17NO2. The molecule has 0 aliphatic rings. The Morgan fingerprint density at radius 1 is 1.29 bits per heavy atom. The Kier molecular flexibility index (Phi) is 5.04. The lowest BCUT2D eigenvalue weighted by molar-refractivity contribution is 0.253. The van der Waals surface area contributed by atoms with Crippen molar-refractivity contribution in [1.82, 2.24) is 0 Å². The van der Waals surface area contributed by atoms with Crippen molar-refractivity contribution in [3.05, 3.63) is 29.8 Å².